The first-order valence-electron chi connectivity index (χ1n) is 5.62. The molecule has 0 bridgehead atoms. The minimum Gasteiger partial charge on any atom is -0.493 e. The van der Waals surface area contributed by atoms with Crippen molar-refractivity contribution in [3.63, 3.8) is 0 Å². The summed E-state index contributed by atoms with van der Waals surface area (Å²) in [5, 5.41) is 0. The minimum atomic E-state index is -0.267. The summed E-state index contributed by atoms with van der Waals surface area (Å²) in [6, 6.07) is 10.2. The lowest BCUT2D eigenvalue weighted by Gasteiger charge is -2.05. The molecule has 0 aliphatic carbocycles. The molecular formula is C14H14FNO. The van der Waals surface area contributed by atoms with Crippen molar-refractivity contribution in [1.82, 2.24) is 4.98 Å². The Bertz CT molecular complexity index is 459. The maximum absolute atomic E-state index is 12.9. The van der Waals surface area contributed by atoms with Crippen molar-refractivity contribution in [2.75, 3.05) is 6.61 Å². The Balaban J connectivity index is 1.73. The summed E-state index contributed by atoms with van der Waals surface area (Å²) in [6.07, 6.45) is 5.41. The zero-order chi connectivity index (χ0) is 11.9. The van der Waals surface area contributed by atoms with E-state index in [9.17, 15) is 4.39 Å². The van der Waals surface area contributed by atoms with Gasteiger partial charge in [0.15, 0.2) is 0 Å². The van der Waals surface area contributed by atoms with Crippen LogP contribution in [-0.4, -0.2) is 11.6 Å². The van der Waals surface area contributed by atoms with E-state index in [1.165, 1.54) is 17.7 Å². The topological polar surface area (TPSA) is 22.1 Å². The van der Waals surface area contributed by atoms with Crippen LogP contribution in [0.15, 0.2) is 48.8 Å². The van der Waals surface area contributed by atoms with Crippen molar-refractivity contribution in [1.29, 1.82) is 0 Å². The lowest BCUT2D eigenvalue weighted by atomic mass is 10.1. The molecule has 0 saturated heterocycles. The average molecular weight is 231 g/mol. The molecule has 0 aliphatic rings. The van der Waals surface area contributed by atoms with Gasteiger partial charge in [0, 0.05) is 18.5 Å². The third kappa shape index (κ3) is 3.87. The summed E-state index contributed by atoms with van der Waals surface area (Å²) in [4.78, 5) is 3.96. The van der Waals surface area contributed by atoms with Gasteiger partial charge in [-0.2, -0.15) is 0 Å². The Morgan fingerprint density at radius 2 is 1.94 bits per heavy atom. The molecule has 0 aliphatic heterocycles. The molecule has 1 aromatic carbocycles. The van der Waals surface area contributed by atoms with Crippen LogP contribution < -0.4 is 4.74 Å². The second kappa shape index (κ2) is 5.99. The molecule has 0 atom stereocenters. The Kier molecular flexibility index (Phi) is 4.08. The normalized spacial score (nSPS) is 10.2. The van der Waals surface area contributed by atoms with Crippen LogP contribution in [-0.2, 0) is 6.42 Å². The lowest BCUT2D eigenvalue weighted by Crippen LogP contribution is -1.99. The van der Waals surface area contributed by atoms with E-state index in [0.29, 0.717) is 12.4 Å². The fraction of sp³-hybridized carbons (Fsp3) is 0.214. The third-order valence-corrected chi connectivity index (χ3v) is 2.42. The molecule has 0 amide bonds. The maximum Gasteiger partial charge on any atom is 0.126 e. The van der Waals surface area contributed by atoms with Crippen LogP contribution in [0.2, 0.25) is 0 Å². The van der Waals surface area contributed by atoms with Gasteiger partial charge in [-0.1, -0.05) is 6.07 Å². The lowest BCUT2D eigenvalue weighted by molar-refractivity contribution is 0.309. The molecule has 0 unspecified atom stereocenters. The van der Waals surface area contributed by atoms with Gasteiger partial charge < -0.3 is 4.74 Å². The summed E-state index contributed by atoms with van der Waals surface area (Å²) < 4.78 is 18.3. The van der Waals surface area contributed by atoms with E-state index in [-0.39, 0.29) is 5.82 Å². The number of ether oxygens (including phenoxy) is 1. The summed E-state index contributed by atoms with van der Waals surface area (Å²) in [5.74, 6) is 0.316. The smallest absolute Gasteiger partial charge is 0.126 e. The van der Waals surface area contributed by atoms with Crippen LogP contribution in [0.25, 0.3) is 0 Å². The van der Waals surface area contributed by atoms with Crippen LogP contribution in [0.3, 0.4) is 0 Å². The van der Waals surface area contributed by atoms with Crippen molar-refractivity contribution in [2.24, 2.45) is 0 Å². The summed E-state index contributed by atoms with van der Waals surface area (Å²) in [7, 11) is 0. The molecule has 1 aromatic heterocycles. The second-order valence-corrected chi connectivity index (χ2v) is 3.76. The molecule has 2 rings (SSSR count). The van der Waals surface area contributed by atoms with Crippen molar-refractivity contribution >= 4 is 0 Å². The predicted octanol–water partition coefficient (Wildman–Crippen LogP) is 3.23. The number of benzene rings is 1. The first-order chi connectivity index (χ1) is 8.34. The number of hydrogen-bond donors (Lipinski definition) is 0. The van der Waals surface area contributed by atoms with Crippen molar-refractivity contribution in [3.05, 3.63) is 60.2 Å². The predicted molar refractivity (Wildman–Crippen MR) is 64.5 cm³/mol. The molecule has 0 fully saturated rings. The van der Waals surface area contributed by atoms with Gasteiger partial charge >= 0.3 is 0 Å². The quantitative estimate of drug-likeness (QED) is 0.737. The SMILES string of the molecule is Fc1cccc(OCCCc2ccncc2)c1. The van der Waals surface area contributed by atoms with Gasteiger partial charge in [0.05, 0.1) is 6.61 Å². The maximum atomic E-state index is 12.9. The zero-order valence-electron chi connectivity index (χ0n) is 9.47. The summed E-state index contributed by atoms with van der Waals surface area (Å²) >= 11 is 0. The van der Waals surface area contributed by atoms with E-state index in [1.807, 2.05) is 12.1 Å². The standard InChI is InChI=1S/C14H14FNO/c15-13-4-1-5-14(11-13)17-10-2-3-12-6-8-16-9-7-12/h1,4-9,11H,2-3,10H2. The monoisotopic (exact) mass is 231 g/mol. The van der Waals surface area contributed by atoms with Gasteiger partial charge in [-0.05, 0) is 42.7 Å². The molecule has 0 saturated carbocycles. The van der Waals surface area contributed by atoms with Crippen LogP contribution >= 0.6 is 0 Å². The summed E-state index contributed by atoms with van der Waals surface area (Å²) in [6.45, 7) is 0.589. The van der Waals surface area contributed by atoms with Crippen LogP contribution in [0.4, 0.5) is 4.39 Å². The molecule has 0 radical (unpaired) electrons. The van der Waals surface area contributed by atoms with Crippen molar-refractivity contribution in [3.8, 4) is 5.75 Å². The highest BCUT2D eigenvalue weighted by Crippen LogP contribution is 2.12. The largest absolute Gasteiger partial charge is 0.493 e. The highest BCUT2D eigenvalue weighted by molar-refractivity contribution is 5.22. The molecule has 88 valence electrons. The molecule has 3 heteroatoms. The van der Waals surface area contributed by atoms with Crippen LogP contribution in [0.5, 0.6) is 5.75 Å². The molecule has 2 aromatic rings. The van der Waals surface area contributed by atoms with Crippen molar-refractivity contribution in [2.45, 2.75) is 12.8 Å². The van der Waals surface area contributed by atoms with E-state index in [0.717, 1.165) is 12.8 Å². The van der Waals surface area contributed by atoms with E-state index in [4.69, 9.17) is 4.74 Å². The van der Waals surface area contributed by atoms with Gasteiger partial charge in [0.2, 0.25) is 0 Å². The van der Waals surface area contributed by atoms with Gasteiger partial charge in [-0.25, -0.2) is 4.39 Å². The molecule has 0 spiro atoms. The number of nitrogens with zero attached hydrogens (tertiary/aromatic N) is 1. The fourth-order valence-electron chi connectivity index (χ4n) is 1.57. The number of halogens is 1. The Hall–Kier alpha value is -1.90. The van der Waals surface area contributed by atoms with E-state index < -0.39 is 0 Å². The van der Waals surface area contributed by atoms with Gasteiger partial charge in [-0.15, -0.1) is 0 Å². The Labute approximate surface area is 100 Å². The first-order valence-corrected chi connectivity index (χ1v) is 5.62. The minimum absolute atomic E-state index is 0.267. The fourth-order valence-corrected chi connectivity index (χ4v) is 1.57. The molecule has 2 nitrogen and oxygen atoms in total. The number of aryl methyl sites for hydroxylation is 1. The molecule has 17 heavy (non-hydrogen) atoms. The van der Waals surface area contributed by atoms with Gasteiger partial charge in [0.25, 0.3) is 0 Å². The Morgan fingerprint density at radius 1 is 1.12 bits per heavy atom. The van der Waals surface area contributed by atoms with E-state index >= 15 is 0 Å². The molecular weight excluding hydrogens is 217 g/mol. The third-order valence-electron chi connectivity index (χ3n) is 2.42. The van der Waals surface area contributed by atoms with Crippen LogP contribution in [0, 0.1) is 5.82 Å². The average Bonchev–Trinajstić information content (AvgIpc) is 2.36. The second-order valence-electron chi connectivity index (χ2n) is 3.76. The summed E-state index contributed by atoms with van der Waals surface area (Å²) in [5.41, 5.74) is 1.24. The highest BCUT2D eigenvalue weighted by atomic mass is 19.1. The van der Waals surface area contributed by atoms with E-state index in [1.54, 1.807) is 24.5 Å². The van der Waals surface area contributed by atoms with Gasteiger partial charge in [-0.3, -0.25) is 4.98 Å². The number of rotatable bonds is 5. The molecule has 0 N–H and O–H groups in total. The van der Waals surface area contributed by atoms with Crippen LogP contribution in [0.1, 0.15) is 12.0 Å². The molecule has 1 heterocycles. The Morgan fingerprint density at radius 3 is 2.71 bits per heavy atom. The number of pyridine rings is 1. The highest BCUT2D eigenvalue weighted by Gasteiger charge is 1.96. The first kappa shape index (κ1) is 11.6. The number of hydrogen-bond acceptors (Lipinski definition) is 2. The van der Waals surface area contributed by atoms with Gasteiger partial charge in [0.1, 0.15) is 11.6 Å². The van der Waals surface area contributed by atoms with Crippen molar-refractivity contribution < 1.29 is 9.13 Å². The zero-order valence-corrected chi connectivity index (χ0v) is 9.47. The van der Waals surface area contributed by atoms with E-state index in [2.05, 4.69) is 4.98 Å². The number of aromatic nitrogens is 1.